The first-order chi connectivity index (χ1) is 14.8. The number of para-hydroxylation sites is 2. The number of carbonyl (C=O) groups is 1. The Bertz CT molecular complexity index is 843. The number of anilines is 1. The molecule has 2 aliphatic rings. The van der Waals surface area contributed by atoms with Crippen molar-refractivity contribution in [3.05, 3.63) is 41.3 Å². The van der Waals surface area contributed by atoms with Gasteiger partial charge in [0.15, 0.2) is 5.69 Å². The first-order valence-electron chi connectivity index (χ1n) is 11.1. The molecule has 1 N–H and O–H groups in total. The molecule has 1 amide bonds. The molecule has 0 unspecified atom stereocenters. The van der Waals surface area contributed by atoms with Gasteiger partial charge in [0, 0.05) is 44.7 Å². The van der Waals surface area contributed by atoms with E-state index in [1.54, 1.807) is 7.11 Å². The van der Waals surface area contributed by atoms with Gasteiger partial charge in [0.1, 0.15) is 11.5 Å². The van der Waals surface area contributed by atoms with Gasteiger partial charge in [-0.1, -0.05) is 23.7 Å². The molecule has 1 fully saturated rings. The van der Waals surface area contributed by atoms with E-state index >= 15 is 0 Å². The monoisotopic (exact) mass is 412 g/mol. The molecule has 0 atom stereocenters. The molecule has 1 aromatic heterocycles. The van der Waals surface area contributed by atoms with Gasteiger partial charge in [-0.2, -0.15) is 0 Å². The number of rotatable bonds is 7. The van der Waals surface area contributed by atoms with Crippen molar-refractivity contribution >= 4 is 11.6 Å². The molecule has 30 heavy (non-hydrogen) atoms. The highest BCUT2D eigenvalue weighted by molar-refractivity contribution is 5.93. The molecular weight excluding hydrogens is 380 g/mol. The first kappa shape index (κ1) is 20.7. The van der Waals surface area contributed by atoms with Crippen LogP contribution in [0.2, 0.25) is 0 Å². The van der Waals surface area contributed by atoms with Crippen LogP contribution < -0.4 is 15.0 Å². The molecule has 0 spiro atoms. The summed E-state index contributed by atoms with van der Waals surface area (Å²) in [5.74, 6) is 1.74. The normalized spacial score (nSPS) is 17.3. The fraction of sp³-hybridized carbons (Fsp3) is 0.565. The first-order valence-corrected chi connectivity index (χ1v) is 11.1. The average Bonchev–Trinajstić information content (AvgIpc) is 3.05. The number of aromatic nitrogens is 1. The molecule has 2 aromatic rings. The molecule has 1 aliphatic heterocycles. The number of fused-ring (bicyclic) bond motifs is 1. The average molecular weight is 413 g/mol. The minimum Gasteiger partial charge on any atom is -0.495 e. The van der Waals surface area contributed by atoms with Crippen molar-refractivity contribution in [3.63, 3.8) is 0 Å². The maximum absolute atomic E-state index is 12.5. The van der Waals surface area contributed by atoms with Crippen molar-refractivity contribution in [2.45, 2.75) is 38.5 Å². The zero-order chi connectivity index (χ0) is 20.8. The van der Waals surface area contributed by atoms with Crippen LogP contribution in [-0.2, 0) is 12.8 Å². The third-order valence-electron chi connectivity index (χ3n) is 6.15. The van der Waals surface area contributed by atoms with Crippen LogP contribution in [0.4, 0.5) is 5.69 Å². The number of piperazine rings is 1. The molecule has 0 saturated carbocycles. The summed E-state index contributed by atoms with van der Waals surface area (Å²) < 4.78 is 10.9. The second-order valence-corrected chi connectivity index (χ2v) is 8.10. The van der Waals surface area contributed by atoms with E-state index in [0.717, 1.165) is 81.9 Å². The minimum absolute atomic E-state index is 0.0945. The van der Waals surface area contributed by atoms with E-state index in [-0.39, 0.29) is 5.91 Å². The Kier molecular flexibility index (Phi) is 6.89. The van der Waals surface area contributed by atoms with Crippen LogP contribution in [0.5, 0.6) is 5.75 Å². The van der Waals surface area contributed by atoms with Crippen molar-refractivity contribution in [1.29, 1.82) is 0 Å². The number of aryl methyl sites for hydroxylation is 1. The summed E-state index contributed by atoms with van der Waals surface area (Å²) >= 11 is 0. The van der Waals surface area contributed by atoms with E-state index in [2.05, 4.69) is 32.4 Å². The summed E-state index contributed by atoms with van der Waals surface area (Å²) in [5.41, 5.74) is 2.69. The van der Waals surface area contributed by atoms with E-state index < -0.39 is 0 Å². The van der Waals surface area contributed by atoms with E-state index in [4.69, 9.17) is 9.26 Å². The van der Waals surface area contributed by atoms with Crippen LogP contribution in [0, 0.1) is 0 Å². The molecule has 1 saturated heterocycles. The third-order valence-corrected chi connectivity index (χ3v) is 6.15. The van der Waals surface area contributed by atoms with Crippen LogP contribution in [0.25, 0.3) is 0 Å². The molecule has 2 heterocycles. The lowest BCUT2D eigenvalue weighted by Gasteiger charge is -2.36. The number of hydrogen-bond donors (Lipinski definition) is 1. The van der Waals surface area contributed by atoms with Gasteiger partial charge in [-0.05, 0) is 44.4 Å². The number of methoxy groups -OCH3 is 1. The summed E-state index contributed by atoms with van der Waals surface area (Å²) in [6.07, 6.45) is 6.15. The highest BCUT2D eigenvalue weighted by atomic mass is 16.5. The van der Waals surface area contributed by atoms with E-state index in [1.807, 2.05) is 12.1 Å². The molecule has 162 valence electrons. The van der Waals surface area contributed by atoms with E-state index in [1.165, 1.54) is 12.1 Å². The van der Waals surface area contributed by atoms with Gasteiger partial charge < -0.3 is 19.5 Å². The SMILES string of the molecule is COc1ccccc1N1CCN(CCCNC(=O)c2noc3c2CCCCC3)CC1. The Labute approximate surface area is 178 Å². The number of amides is 1. The van der Waals surface area contributed by atoms with Crippen LogP contribution in [0.3, 0.4) is 0 Å². The second kappa shape index (κ2) is 9.98. The lowest BCUT2D eigenvalue weighted by molar-refractivity contribution is 0.0941. The molecular formula is C23H32N4O3. The second-order valence-electron chi connectivity index (χ2n) is 8.10. The maximum Gasteiger partial charge on any atom is 0.273 e. The Balaban J connectivity index is 1.19. The van der Waals surface area contributed by atoms with Crippen molar-refractivity contribution in [3.8, 4) is 5.75 Å². The van der Waals surface area contributed by atoms with Crippen LogP contribution in [-0.4, -0.2) is 62.3 Å². The Morgan fingerprint density at radius 1 is 1.13 bits per heavy atom. The van der Waals surface area contributed by atoms with Crippen molar-refractivity contribution < 1.29 is 14.1 Å². The van der Waals surface area contributed by atoms with Gasteiger partial charge in [-0.3, -0.25) is 9.69 Å². The Morgan fingerprint density at radius 2 is 1.93 bits per heavy atom. The maximum atomic E-state index is 12.5. The highest BCUT2D eigenvalue weighted by Crippen LogP contribution is 2.28. The molecule has 7 heteroatoms. The predicted octanol–water partition coefficient (Wildman–Crippen LogP) is 2.89. The largest absolute Gasteiger partial charge is 0.495 e. The molecule has 1 aliphatic carbocycles. The third kappa shape index (κ3) is 4.78. The van der Waals surface area contributed by atoms with Crippen LogP contribution in [0.15, 0.2) is 28.8 Å². The van der Waals surface area contributed by atoms with Gasteiger partial charge in [-0.15, -0.1) is 0 Å². The molecule has 7 nitrogen and oxygen atoms in total. The fourth-order valence-electron chi connectivity index (χ4n) is 4.43. The summed E-state index contributed by atoms with van der Waals surface area (Å²) in [7, 11) is 1.72. The van der Waals surface area contributed by atoms with E-state index in [9.17, 15) is 4.79 Å². The Morgan fingerprint density at radius 3 is 2.77 bits per heavy atom. The molecule has 0 bridgehead atoms. The summed E-state index contributed by atoms with van der Waals surface area (Å²) in [5, 5.41) is 7.08. The van der Waals surface area contributed by atoms with Gasteiger partial charge in [0.05, 0.1) is 12.8 Å². The van der Waals surface area contributed by atoms with Crippen LogP contribution in [0.1, 0.15) is 47.5 Å². The lowest BCUT2D eigenvalue weighted by atomic mass is 10.1. The smallest absolute Gasteiger partial charge is 0.273 e. The summed E-state index contributed by atoms with van der Waals surface area (Å²) in [6, 6.07) is 8.19. The number of carbonyl (C=O) groups excluding carboxylic acids is 1. The lowest BCUT2D eigenvalue weighted by Crippen LogP contribution is -2.47. The van der Waals surface area contributed by atoms with Gasteiger partial charge in [-0.25, -0.2) is 0 Å². The zero-order valence-electron chi connectivity index (χ0n) is 17.9. The number of ether oxygens (including phenoxy) is 1. The molecule has 1 aromatic carbocycles. The van der Waals surface area contributed by atoms with E-state index in [0.29, 0.717) is 12.2 Å². The number of nitrogens with one attached hydrogen (secondary N) is 1. The van der Waals surface area contributed by atoms with Crippen LogP contribution >= 0.6 is 0 Å². The highest BCUT2D eigenvalue weighted by Gasteiger charge is 2.23. The molecule has 4 rings (SSSR count). The zero-order valence-corrected chi connectivity index (χ0v) is 17.9. The van der Waals surface area contributed by atoms with Gasteiger partial charge in [0.25, 0.3) is 5.91 Å². The topological polar surface area (TPSA) is 70.8 Å². The Hall–Kier alpha value is -2.54. The summed E-state index contributed by atoms with van der Waals surface area (Å²) in [6.45, 7) is 5.64. The number of nitrogens with zero attached hydrogens (tertiary/aromatic N) is 3. The van der Waals surface area contributed by atoms with Gasteiger partial charge in [0.2, 0.25) is 0 Å². The van der Waals surface area contributed by atoms with Crippen molar-refractivity contribution in [1.82, 2.24) is 15.4 Å². The van der Waals surface area contributed by atoms with Crippen molar-refractivity contribution in [2.75, 3.05) is 51.3 Å². The van der Waals surface area contributed by atoms with Crippen molar-refractivity contribution in [2.24, 2.45) is 0 Å². The quantitative estimate of drug-likeness (QED) is 0.557. The number of benzene rings is 1. The van der Waals surface area contributed by atoms with Gasteiger partial charge >= 0.3 is 0 Å². The predicted molar refractivity (Wildman–Crippen MR) is 116 cm³/mol. The standard InChI is InChI=1S/C23H32N4O3/c1-29-21-11-6-5-9-19(21)27-16-14-26(15-17-27)13-7-12-24-23(28)22-18-8-3-2-4-10-20(18)30-25-22/h5-6,9,11H,2-4,7-8,10,12-17H2,1H3,(H,24,28). The fourth-order valence-corrected chi connectivity index (χ4v) is 4.43. The number of hydrogen-bond acceptors (Lipinski definition) is 6. The minimum atomic E-state index is -0.0945. The summed E-state index contributed by atoms with van der Waals surface area (Å²) in [4.78, 5) is 17.4. The molecule has 0 radical (unpaired) electrons.